The van der Waals surface area contributed by atoms with Gasteiger partial charge >= 0.3 is 0 Å². The van der Waals surface area contributed by atoms with Gasteiger partial charge in [0.2, 0.25) is 0 Å². The fourth-order valence-corrected chi connectivity index (χ4v) is 2.12. The Bertz CT molecular complexity index is 605. The zero-order chi connectivity index (χ0) is 14.7. The highest BCUT2D eigenvalue weighted by atomic mass is 16.5. The zero-order valence-corrected chi connectivity index (χ0v) is 12.4. The maximum absolute atomic E-state index is 5.88. The fourth-order valence-electron chi connectivity index (χ4n) is 2.12. The van der Waals surface area contributed by atoms with E-state index < -0.39 is 0 Å². The molecule has 1 fully saturated rings. The molecule has 21 heavy (non-hydrogen) atoms. The average Bonchev–Trinajstić information content (AvgIpc) is 3.24. The van der Waals surface area contributed by atoms with E-state index in [4.69, 9.17) is 14.0 Å². The minimum absolute atomic E-state index is 0.366. The molecule has 5 heteroatoms. The molecule has 1 heterocycles. The Morgan fingerprint density at radius 2 is 2.19 bits per heavy atom. The van der Waals surface area contributed by atoms with E-state index in [1.54, 1.807) is 7.11 Å². The highest BCUT2D eigenvalue weighted by Gasteiger charge is 2.20. The number of benzene rings is 1. The van der Waals surface area contributed by atoms with Gasteiger partial charge in [0, 0.05) is 30.3 Å². The molecule has 1 saturated carbocycles. The molecule has 1 aromatic heterocycles. The molecular formula is C16H20N2O3. The predicted molar refractivity (Wildman–Crippen MR) is 78.4 cm³/mol. The number of hydrogen-bond donors (Lipinski definition) is 1. The molecule has 0 saturated heterocycles. The second-order valence-electron chi connectivity index (χ2n) is 5.35. The van der Waals surface area contributed by atoms with Crippen molar-refractivity contribution in [3.05, 3.63) is 41.3 Å². The third-order valence-electron chi connectivity index (χ3n) is 3.48. The molecule has 1 aliphatic rings. The summed E-state index contributed by atoms with van der Waals surface area (Å²) in [5.74, 6) is 2.32. The molecule has 0 bridgehead atoms. The Hall–Kier alpha value is -2.01. The van der Waals surface area contributed by atoms with Crippen LogP contribution in [0.4, 0.5) is 0 Å². The lowest BCUT2D eigenvalue weighted by Gasteiger charge is -2.12. The second kappa shape index (κ2) is 6.18. The molecule has 0 aliphatic heterocycles. The molecule has 0 unspecified atom stereocenters. The van der Waals surface area contributed by atoms with E-state index in [0.29, 0.717) is 12.6 Å². The van der Waals surface area contributed by atoms with E-state index in [1.807, 2.05) is 31.2 Å². The minimum Gasteiger partial charge on any atom is -0.497 e. The van der Waals surface area contributed by atoms with Gasteiger partial charge in [-0.2, -0.15) is 0 Å². The Morgan fingerprint density at radius 3 is 2.86 bits per heavy atom. The number of nitrogens with one attached hydrogen (secondary N) is 1. The first kappa shape index (κ1) is 13.9. The van der Waals surface area contributed by atoms with Crippen LogP contribution in [0.3, 0.4) is 0 Å². The standard InChI is InChI=1S/C16H20N2O3/c1-11-7-15(21-18-11)10-20-16-8-14(19-2)6-3-12(16)9-17-13-4-5-13/h3,6-8,13,17H,4-5,9-10H2,1-2H3. The predicted octanol–water partition coefficient (Wildman–Crippen LogP) is 2.82. The number of rotatable bonds is 7. The normalized spacial score (nSPS) is 14.2. The number of ether oxygens (including phenoxy) is 2. The summed E-state index contributed by atoms with van der Waals surface area (Å²) in [5.41, 5.74) is 1.98. The van der Waals surface area contributed by atoms with E-state index >= 15 is 0 Å². The summed E-state index contributed by atoms with van der Waals surface area (Å²) in [7, 11) is 1.65. The van der Waals surface area contributed by atoms with Crippen LogP contribution in [0.25, 0.3) is 0 Å². The van der Waals surface area contributed by atoms with Crippen molar-refractivity contribution >= 4 is 0 Å². The van der Waals surface area contributed by atoms with Crippen LogP contribution in [-0.4, -0.2) is 18.3 Å². The van der Waals surface area contributed by atoms with E-state index in [1.165, 1.54) is 12.8 Å². The largest absolute Gasteiger partial charge is 0.497 e. The van der Waals surface area contributed by atoms with E-state index in [9.17, 15) is 0 Å². The van der Waals surface area contributed by atoms with Crippen LogP contribution in [0.1, 0.15) is 29.9 Å². The van der Waals surface area contributed by atoms with Crippen LogP contribution in [0, 0.1) is 6.92 Å². The van der Waals surface area contributed by atoms with Crippen LogP contribution in [0.15, 0.2) is 28.8 Å². The van der Waals surface area contributed by atoms with Crippen molar-refractivity contribution in [2.45, 2.75) is 39.0 Å². The van der Waals surface area contributed by atoms with Crippen LogP contribution in [0.5, 0.6) is 11.5 Å². The first-order chi connectivity index (χ1) is 10.2. The molecule has 1 aliphatic carbocycles. The molecule has 0 atom stereocenters. The smallest absolute Gasteiger partial charge is 0.174 e. The number of hydrogen-bond acceptors (Lipinski definition) is 5. The molecule has 112 valence electrons. The van der Waals surface area contributed by atoms with Gasteiger partial charge in [0.25, 0.3) is 0 Å². The molecule has 1 aromatic carbocycles. The minimum atomic E-state index is 0.366. The summed E-state index contributed by atoms with van der Waals surface area (Å²) < 4.78 is 16.3. The van der Waals surface area contributed by atoms with Gasteiger partial charge in [-0.05, 0) is 25.8 Å². The summed E-state index contributed by atoms with van der Waals surface area (Å²) in [6.07, 6.45) is 2.54. The Labute approximate surface area is 124 Å². The summed E-state index contributed by atoms with van der Waals surface area (Å²) in [5, 5.41) is 7.36. The van der Waals surface area contributed by atoms with Gasteiger partial charge in [0.05, 0.1) is 12.8 Å². The van der Waals surface area contributed by atoms with E-state index in [0.717, 1.165) is 35.1 Å². The number of methoxy groups -OCH3 is 1. The van der Waals surface area contributed by atoms with Crippen molar-refractivity contribution in [3.8, 4) is 11.5 Å². The van der Waals surface area contributed by atoms with E-state index in [-0.39, 0.29) is 0 Å². The fraction of sp³-hybridized carbons (Fsp3) is 0.438. The lowest BCUT2D eigenvalue weighted by molar-refractivity contribution is 0.245. The van der Waals surface area contributed by atoms with Gasteiger partial charge in [-0.3, -0.25) is 0 Å². The second-order valence-corrected chi connectivity index (χ2v) is 5.35. The molecular weight excluding hydrogens is 268 g/mol. The molecule has 0 radical (unpaired) electrons. The third kappa shape index (κ3) is 3.76. The van der Waals surface area contributed by atoms with Crippen molar-refractivity contribution in [1.29, 1.82) is 0 Å². The van der Waals surface area contributed by atoms with Gasteiger partial charge in [-0.1, -0.05) is 11.2 Å². The van der Waals surface area contributed by atoms with Crippen molar-refractivity contribution in [3.63, 3.8) is 0 Å². The summed E-state index contributed by atoms with van der Waals surface area (Å²) >= 11 is 0. The van der Waals surface area contributed by atoms with Crippen LogP contribution < -0.4 is 14.8 Å². The molecule has 3 rings (SSSR count). The first-order valence-electron chi connectivity index (χ1n) is 7.20. The maximum Gasteiger partial charge on any atom is 0.174 e. The Kier molecular flexibility index (Phi) is 4.10. The van der Waals surface area contributed by atoms with Gasteiger partial charge in [-0.25, -0.2) is 0 Å². The lowest BCUT2D eigenvalue weighted by atomic mass is 10.2. The zero-order valence-electron chi connectivity index (χ0n) is 12.4. The monoisotopic (exact) mass is 288 g/mol. The number of aryl methyl sites for hydroxylation is 1. The van der Waals surface area contributed by atoms with Crippen molar-refractivity contribution < 1.29 is 14.0 Å². The summed E-state index contributed by atoms with van der Waals surface area (Å²) in [4.78, 5) is 0. The lowest BCUT2D eigenvalue weighted by Crippen LogP contribution is -2.16. The van der Waals surface area contributed by atoms with Crippen LogP contribution >= 0.6 is 0 Å². The van der Waals surface area contributed by atoms with E-state index in [2.05, 4.69) is 10.5 Å². The molecule has 2 aromatic rings. The molecule has 1 N–H and O–H groups in total. The maximum atomic E-state index is 5.88. The van der Waals surface area contributed by atoms with Gasteiger partial charge in [0.15, 0.2) is 5.76 Å². The van der Waals surface area contributed by atoms with Crippen LogP contribution in [-0.2, 0) is 13.2 Å². The number of nitrogens with zero attached hydrogens (tertiary/aromatic N) is 1. The topological polar surface area (TPSA) is 56.5 Å². The quantitative estimate of drug-likeness (QED) is 0.849. The van der Waals surface area contributed by atoms with Crippen molar-refractivity contribution in [1.82, 2.24) is 10.5 Å². The highest BCUT2D eigenvalue weighted by molar-refractivity contribution is 5.40. The Morgan fingerprint density at radius 1 is 1.33 bits per heavy atom. The average molecular weight is 288 g/mol. The van der Waals surface area contributed by atoms with Gasteiger partial charge < -0.3 is 19.3 Å². The van der Waals surface area contributed by atoms with Gasteiger partial charge in [-0.15, -0.1) is 0 Å². The molecule has 5 nitrogen and oxygen atoms in total. The number of aromatic nitrogens is 1. The molecule has 0 spiro atoms. The van der Waals surface area contributed by atoms with Gasteiger partial charge in [0.1, 0.15) is 18.1 Å². The highest BCUT2D eigenvalue weighted by Crippen LogP contribution is 2.27. The summed E-state index contributed by atoms with van der Waals surface area (Å²) in [6.45, 7) is 3.06. The SMILES string of the molecule is COc1ccc(CNC2CC2)c(OCc2cc(C)no2)c1. The Balaban J connectivity index is 1.69. The molecule has 0 amide bonds. The summed E-state index contributed by atoms with van der Waals surface area (Å²) in [6, 6.07) is 8.44. The third-order valence-corrected chi connectivity index (χ3v) is 3.48. The van der Waals surface area contributed by atoms with Crippen molar-refractivity contribution in [2.24, 2.45) is 0 Å². The first-order valence-corrected chi connectivity index (χ1v) is 7.20. The van der Waals surface area contributed by atoms with Crippen molar-refractivity contribution in [2.75, 3.05) is 7.11 Å². The van der Waals surface area contributed by atoms with Crippen LogP contribution in [0.2, 0.25) is 0 Å².